The van der Waals surface area contributed by atoms with Crippen LogP contribution in [0.25, 0.3) is 11.1 Å². The van der Waals surface area contributed by atoms with E-state index in [1.165, 1.54) is 77.3 Å². The molecule has 2 N–H and O–H groups in total. The van der Waals surface area contributed by atoms with Gasteiger partial charge < -0.3 is 5.32 Å². The van der Waals surface area contributed by atoms with Crippen LogP contribution in [-0.2, 0) is 0 Å². The molecule has 2 aromatic carbocycles. The Labute approximate surface area is 260 Å². The van der Waals surface area contributed by atoms with Crippen LogP contribution in [0, 0.1) is 46.5 Å². The van der Waals surface area contributed by atoms with Gasteiger partial charge in [-0.25, -0.2) is 35.1 Å². The fourth-order valence-corrected chi connectivity index (χ4v) is 5.53. The van der Waals surface area contributed by atoms with Crippen molar-refractivity contribution >= 4 is 6.15 Å². The van der Waals surface area contributed by atoms with E-state index in [9.17, 15) is 35.1 Å². The maximum atomic E-state index is 13.4. The third-order valence-corrected chi connectivity index (χ3v) is 8.25. The monoisotopic (exact) mass is 639 g/mol. The van der Waals surface area contributed by atoms with Crippen molar-refractivity contribution in [2.75, 3.05) is 13.1 Å². The van der Waals surface area contributed by atoms with Crippen molar-refractivity contribution in [2.45, 2.75) is 131 Å². The van der Waals surface area contributed by atoms with E-state index in [0.717, 1.165) is 0 Å². The molecular weight excluding hydrogens is 585 g/mol. The van der Waals surface area contributed by atoms with Gasteiger partial charge in [0.2, 0.25) is 5.82 Å². The van der Waals surface area contributed by atoms with E-state index in [2.05, 4.69) is 46.9 Å². The van der Waals surface area contributed by atoms with E-state index in [-0.39, 0.29) is 6.15 Å². The summed E-state index contributed by atoms with van der Waals surface area (Å²) in [4.78, 5) is 0. The molecule has 0 fully saturated rings. The van der Waals surface area contributed by atoms with Gasteiger partial charge in [-0.1, -0.05) is 92.4 Å². The molecule has 2 aromatic rings. The third-order valence-electron chi connectivity index (χ3n) is 8.25. The van der Waals surface area contributed by atoms with Gasteiger partial charge in [0.25, 0.3) is 0 Å². The predicted octanol–water partition coefficient (Wildman–Crippen LogP) is 11.5. The molecule has 0 aliphatic heterocycles. The molecule has 0 spiro atoms. The lowest BCUT2D eigenvalue weighted by Crippen LogP contribution is -2.83. The molecule has 0 saturated heterocycles. The van der Waals surface area contributed by atoms with Crippen LogP contribution in [0.5, 0.6) is 0 Å². The van der Waals surface area contributed by atoms with E-state index >= 15 is 0 Å². The van der Waals surface area contributed by atoms with Gasteiger partial charge in [0.15, 0.2) is 40.7 Å². The average molecular weight is 640 g/mol. The van der Waals surface area contributed by atoms with Gasteiger partial charge in [0.05, 0.1) is 18.7 Å². The van der Waals surface area contributed by atoms with Gasteiger partial charge in [0.1, 0.15) is 0 Å². The maximum absolute atomic E-state index is 13.4. The quantitative estimate of drug-likeness (QED) is 0.0583. The first-order chi connectivity index (χ1) is 20.9. The molecule has 44 heavy (non-hydrogen) atoms. The third kappa shape index (κ3) is 13.5. The molecule has 0 radical (unpaired) electrons. The van der Waals surface area contributed by atoms with Gasteiger partial charge in [-0.15, -0.1) is 0 Å². The van der Waals surface area contributed by atoms with Crippen LogP contribution in [-0.4, -0.2) is 19.2 Å². The minimum absolute atomic E-state index is 0.00722. The van der Waals surface area contributed by atoms with Gasteiger partial charge in [-0.05, 0) is 25.5 Å². The van der Waals surface area contributed by atoms with E-state index in [4.69, 9.17) is 0 Å². The second kappa shape index (κ2) is 23.3. The van der Waals surface area contributed by atoms with Gasteiger partial charge >= 0.3 is 0 Å². The fourth-order valence-electron chi connectivity index (χ4n) is 5.53. The first-order valence-electron chi connectivity index (χ1n) is 16.6. The van der Waals surface area contributed by atoms with Crippen molar-refractivity contribution in [3.8, 4) is 11.1 Å². The molecule has 2 rings (SSSR count). The first kappa shape index (κ1) is 41.9. The Hall–Kier alpha value is -2.10. The number of nitrogens with two attached hydrogens (primary N) is 1. The van der Waals surface area contributed by atoms with Gasteiger partial charge in [0, 0.05) is 11.7 Å². The lowest BCUT2D eigenvalue weighted by Gasteiger charge is -2.40. The molecule has 0 aliphatic carbocycles. The SMILES string of the molecule is CCCC[B-](CCCC)(CCCC)CCCC.CCCC[NH2+]CC.Fc1ccc(-c2c(F)c(F)c(F)c(F)c2F)c(F)c1F. The number of hydrogen-bond donors (Lipinski definition) is 1. The fraction of sp³-hybridized carbons (Fsp3) is 0.647. The summed E-state index contributed by atoms with van der Waals surface area (Å²) in [7, 11) is 0. The van der Waals surface area contributed by atoms with Crippen molar-refractivity contribution in [1.82, 2.24) is 0 Å². The largest absolute Gasteiger partial charge is 0.346 e. The molecule has 254 valence electrons. The molecule has 0 amide bonds. The highest BCUT2D eigenvalue weighted by Gasteiger charge is 2.29. The second-order valence-corrected chi connectivity index (χ2v) is 11.8. The molecule has 1 nitrogen and oxygen atoms in total. The summed E-state index contributed by atoms with van der Waals surface area (Å²) in [6.45, 7) is 16.4. The first-order valence-corrected chi connectivity index (χ1v) is 16.6. The molecule has 0 heterocycles. The van der Waals surface area contributed by atoms with Crippen molar-refractivity contribution in [3.63, 3.8) is 0 Å². The average Bonchev–Trinajstić information content (AvgIpc) is 3.03. The molecular formula is C34H54BF8N. The summed E-state index contributed by atoms with van der Waals surface area (Å²) in [6, 6.07) is 0.665. The van der Waals surface area contributed by atoms with Crippen LogP contribution in [0.1, 0.15) is 106 Å². The topological polar surface area (TPSA) is 16.6 Å². The molecule has 0 atom stereocenters. The smallest absolute Gasteiger partial charge is 0.200 e. The van der Waals surface area contributed by atoms with E-state index < -0.39 is 57.7 Å². The minimum Gasteiger partial charge on any atom is -0.346 e. The Balaban J connectivity index is 0.000000701. The lowest BCUT2D eigenvalue weighted by atomic mass is 9.17. The summed E-state index contributed by atoms with van der Waals surface area (Å²) >= 11 is 0. The van der Waals surface area contributed by atoms with Gasteiger partial charge in [-0.3, -0.25) is 0 Å². The van der Waals surface area contributed by atoms with Crippen LogP contribution in [0.2, 0.25) is 25.3 Å². The van der Waals surface area contributed by atoms with E-state index in [1.807, 2.05) is 0 Å². The minimum atomic E-state index is -2.44. The Morgan fingerprint density at radius 2 is 0.864 bits per heavy atom. The molecule has 0 bridgehead atoms. The number of rotatable bonds is 17. The van der Waals surface area contributed by atoms with Crippen molar-refractivity contribution in [3.05, 3.63) is 58.7 Å². The Morgan fingerprint density at radius 3 is 1.23 bits per heavy atom. The highest BCUT2D eigenvalue weighted by atomic mass is 19.2. The van der Waals surface area contributed by atoms with Crippen LogP contribution < -0.4 is 5.32 Å². The summed E-state index contributed by atoms with van der Waals surface area (Å²) < 4.78 is 105. The van der Waals surface area contributed by atoms with E-state index in [1.54, 1.807) is 25.3 Å². The Kier molecular flexibility index (Phi) is 22.2. The molecule has 10 heteroatoms. The molecule has 0 unspecified atom stereocenters. The summed E-state index contributed by atoms with van der Waals surface area (Å²) in [6.07, 6.45) is 20.3. The maximum Gasteiger partial charge on any atom is 0.200 e. The number of hydrogen-bond acceptors (Lipinski definition) is 0. The van der Waals surface area contributed by atoms with E-state index in [0.29, 0.717) is 12.1 Å². The van der Waals surface area contributed by atoms with Crippen molar-refractivity contribution in [1.29, 1.82) is 0 Å². The normalized spacial score (nSPS) is 11.1. The Bertz CT molecular complexity index is 1010. The van der Waals surface area contributed by atoms with Crippen LogP contribution in [0.15, 0.2) is 12.1 Å². The molecule has 0 aromatic heterocycles. The number of halogens is 8. The van der Waals surface area contributed by atoms with Crippen LogP contribution in [0.3, 0.4) is 0 Å². The zero-order chi connectivity index (χ0) is 33.7. The van der Waals surface area contributed by atoms with Crippen LogP contribution in [0.4, 0.5) is 35.1 Å². The lowest BCUT2D eigenvalue weighted by molar-refractivity contribution is -0.652. The van der Waals surface area contributed by atoms with Crippen LogP contribution >= 0.6 is 0 Å². The Morgan fingerprint density at radius 1 is 0.477 bits per heavy atom. The standard InChI is InChI=1S/C16H36B.C12H2F8.C6H15N/c1-5-9-13-17(14-10-6-2,15-11-7-3)16-12-8-4;13-4-2-1-3(6(14)7(4)15)5-8(16)10(18)12(20)11(19)9(5)17;1-3-5-6-7-4-2/h5-16H2,1-4H3;1-2H;7H,3-6H2,1-2H3/q-1;;/p+1. The van der Waals surface area contributed by atoms with Gasteiger partial charge in [-0.2, -0.15) is 25.3 Å². The number of unbranched alkanes of at least 4 members (excludes halogenated alkanes) is 5. The highest BCUT2D eigenvalue weighted by molar-refractivity contribution is 6.79. The second-order valence-electron chi connectivity index (χ2n) is 11.8. The molecule has 0 aliphatic rings. The zero-order valence-electron chi connectivity index (χ0n) is 27.6. The summed E-state index contributed by atoms with van der Waals surface area (Å²) in [5.41, 5.74) is -2.95. The highest BCUT2D eigenvalue weighted by Crippen LogP contribution is 2.35. The van der Waals surface area contributed by atoms with Crippen molar-refractivity contribution in [2.24, 2.45) is 0 Å². The number of quaternary nitrogens is 1. The molecule has 0 saturated carbocycles. The predicted molar refractivity (Wildman–Crippen MR) is 168 cm³/mol. The number of benzene rings is 2. The summed E-state index contributed by atoms with van der Waals surface area (Å²) in [5, 5.41) is 2.34. The zero-order valence-corrected chi connectivity index (χ0v) is 27.6. The summed E-state index contributed by atoms with van der Waals surface area (Å²) in [5.74, 6) is -17.6. The van der Waals surface area contributed by atoms with Crippen molar-refractivity contribution < 1.29 is 40.4 Å².